The first-order valence-corrected chi connectivity index (χ1v) is 12.2. The molecule has 5 heteroatoms. The molecule has 0 fully saturated rings. The van der Waals surface area contributed by atoms with Gasteiger partial charge in [0.2, 0.25) is 6.29 Å². The maximum absolute atomic E-state index is 12.9. The molecule has 0 radical (unpaired) electrons. The lowest BCUT2D eigenvalue weighted by Crippen LogP contribution is -2.47. The number of esters is 1. The van der Waals surface area contributed by atoms with Gasteiger partial charge < -0.3 is 14.8 Å². The van der Waals surface area contributed by atoms with Crippen LogP contribution in [0.1, 0.15) is 58.8 Å². The van der Waals surface area contributed by atoms with E-state index in [1.807, 2.05) is 25.1 Å². The molecule has 1 aliphatic rings. The minimum atomic E-state index is -0.758. The molecule has 0 unspecified atom stereocenters. The van der Waals surface area contributed by atoms with Crippen molar-refractivity contribution in [2.45, 2.75) is 45.1 Å². The van der Waals surface area contributed by atoms with E-state index in [2.05, 4.69) is 79.8 Å². The van der Waals surface area contributed by atoms with Crippen LogP contribution >= 0.6 is 12.4 Å². The van der Waals surface area contributed by atoms with Crippen LogP contribution in [0.25, 0.3) is 10.8 Å². The van der Waals surface area contributed by atoms with Crippen LogP contribution in [0.4, 0.5) is 0 Å². The third-order valence-corrected chi connectivity index (χ3v) is 6.81. The van der Waals surface area contributed by atoms with Gasteiger partial charge in [0, 0.05) is 24.6 Å². The van der Waals surface area contributed by atoms with Crippen LogP contribution in [0.2, 0.25) is 0 Å². The van der Waals surface area contributed by atoms with Gasteiger partial charge in [0.1, 0.15) is 0 Å². The van der Waals surface area contributed by atoms with Crippen LogP contribution in [-0.2, 0) is 15.9 Å². The highest BCUT2D eigenvalue weighted by Gasteiger charge is 2.38. The first-order chi connectivity index (χ1) is 16.9. The van der Waals surface area contributed by atoms with Crippen molar-refractivity contribution in [3.05, 3.63) is 119 Å². The number of hydrogen-bond donors (Lipinski definition) is 1. The van der Waals surface area contributed by atoms with E-state index < -0.39 is 11.9 Å². The molecule has 0 amide bonds. The second kappa shape index (κ2) is 10.8. The molecule has 0 saturated heterocycles. The van der Waals surface area contributed by atoms with E-state index in [0.29, 0.717) is 12.1 Å². The van der Waals surface area contributed by atoms with Crippen molar-refractivity contribution >= 4 is 29.1 Å². The van der Waals surface area contributed by atoms with Gasteiger partial charge in [-0.05, 0) is 60.9 Å². The van der Waals surface area contributed by atoms with Crippen LogP contribution in [0.5, 0.6) is 0 Å². The van der Waals surface area contributed by atoms with Crippen molar-refractivity contribution in [3.63, 3.8) is 0 Å². The predicted octanol–water partition coefficient (Wildman–Crippen LogP) is 7.11. The number of ether oxygens (including phenoxy) is 2. The molecule has 0 spiro atoms. The fraction of sp³-hybridized carbons (Fsp3) is 0.258. The van der Waals surface area contributed by atoms with Crippen LogP contribution in [0, 0.1) is 6.92 Å². The second-order valence-corrected chi connectivity index (χ2v) is 9.72. The summed E-state index contributed by atoms with van der Waals surface area (Å²) in [4.78, 5) is 12.9. The zero-order chi connectivity index (χ0) is 24.4. The molecule has 36 heavy (non-hydrogen) atoms. The Labute approximate surface area is 219 Å². The zero-order valence-corrected chi connectivity index (χ0v) is 21.7. The van der Waals surface area contributed by atoms with Gasteiger partial charge in [0.15, 0.2) is 0 Å². The number of rotatable bonds is 6. The van der Waals surface area contributed by atoms with Crippen LogP contribution in [0.3, 0.4) is 0 Å². The van der Waals surface area contributed by atoms with Crippen LogP contribution in [0.15, 0.2) is 91.0 Å². The number of carbonyl (C=O) groups is 1. The topological polar surface area (TPSA) is 47.6 Å². The maximum Gasteiger partial charge on any atom is 0.340 e. The third kappa shape index (κ3) is 5.46. The molecule has 1 aliphatic heterocycles. The van der Waals surface area contributed by atoms with E-state index in [4.69, 9.17) is 9.47 Å². The summed E-state index contributed by atoms with van der Waals surface area (Å²) >= 11 is 0. The second-order valence-electron chi connectivity index (χ2n) is 9.72. The van der Waals surface area contributed by atoms with Gasteiger partial charge >= 0.3 is 5.97 Å². The summed E-state index contributed by atoms with van der Waals surface area (Å²) < 4.78 is 12.4. The molecular weight excluding hydrogens is 470 g/mol. The highest BCUT2D eigenvalue weighted by atomic mass is 35.5. The lowest BCUT2D eigenvalue weighted by molar-refractivity contribution is -0.193. The van der Waals surface area contributed by atoms with Gasteiger partial charge in [-0.2, -0.15) is 0 Å². The average molecular weight is 502 g/mol. The Morgan fingerprint density at radius 1 is 1.03 bits per heavy atom. The number of hydrogen-bond acceptors (Lipinski definition) is 4. The minimum absolute atomic E-state index is 0. The summed E-state index contributed by atoms with van der Waals surface area (Å²) in [6.45, 7) is 6.92. The summed E-state index contributed by atoms with van der Waals surface area (Å²) in [5, 5.41) is 6.17. The van der Waals surface area contributed by atoms with E-state index in [-0.39, 0.29) is 24.4 Å². The fourth-order valence-electron chi connectivity index (χ4n) is 4.90. The van der Waals surface area contributed by atoms with Gasteiger partial charge in [0.25, 0.3) is 0 Å². The molecule has 4 aromatic rings. The van der Waals surface area contributed by atoms with Gasteiger partial charge in [-0.1, -0.05) is 78.4 Å². The Balaban J connectivity index is 0.00000304. The first-order valence-electron chi connectivity index (χ1n) is 12.2. The molecule has 3 atom stereocenters. The molecule has 1 heterocycles. The molecule has 0 bridgehead atoms. The fourth-order valence-corrected chi connectivity index (χ4v) is 4.90. The van der Waals surface area contributed by atoms with Gasteiger partial charge in [-0.25, -0.2) is 4.79 Å². The van der Waals surface area contributed by atoms with Gasteiger partial charge in [-0.15, -0.1) is 12.4 Å². The number of carbonyl (C=O) groups excluding carboxylic acids is 1. The zero-order valence-electron chi connectivity index (χ0n) is 20.9. The van der Waals surface area contributed by atoms with Crippen molar-refractivity contribution in [1.82, 2.24) is 5.32 Å². The van der Waals surface area contributed by atoms with Crippen molar-refractivity contribution in [2.24, 2.45) is 0 Å². The molecule has 4 aromatic carbocycles. The molecule has 1 N–H and O–H groups in total. The number of nitrogens with one attached hydrogen (secondary N) is 1. The number of benzene rings is 4. The Morgan fingerprint density at radius 3 is 2.56 bits per heavy atom. The number of aryl methyl sites for hydroxylation is 1. The standard InChI is InChI=1S/C31H31NO3.ClH/c1-21-16-17-25-19-31(3,20-32-22(2)26-15-9-13-23-10-7-8-14-27(23)26)35-30(28(25)18-21)34-29(33)24-11-5-4-6-12-24;/h4-18,22,30,32H,19-20H2,1-3H3;1H/t22-,30-,31-;/m1./s1. The van der Waals surface area contributed by atoms with Crippen molar-refractivity contribution in [3.8, 4) is 0 Å². The van der Waals surface area contributed by atoms with E-state index in [0.717, 1.165) is 23.1 Å². The predicted molar refractivity (Wildman–Crippen MR) is 147 cm³/mol. The number of halogens is 1. The highest BCUT2D eigenvalue weighted by Crippen LogP contribution is 2.38. The van der Waals surface area contributed by atoms with E-state index in [1.165, 1.54) is 16.3 Å². The van der Waals surface area contributed by atoms with Crippen molar-refractivity contribution in [1.29, 1.82) is 0 Å². The molecule has 186 valence electrons. The van der Waals surface area contributed by atoms with E-state index in [9.17, 15) is 4.79 Å². The van der Waals surface area contributed by atoms with Crippen LogP contribution in [-0.4, -0.2) is 18.1 Å². The largest absolute Gasteiger partial charge is 0.428 e. The average Bonchev–Trinajstić information content (AvgIpc) is 2.88. The lowest BCUT2D eigenvalue weighted by Gasteiger charge is -2.40. The van der Waals surface area contributed by atoms with Gasteiger partial charge in [-0.3, -0.25) is 0 Å². The number of fused-ring (bicyclic) bond motifs is 2. The molecule has 4 nitrogen and oxygen atoms in total. The van der Waals surface area contributed by atoms with E-state index >= 15 is 0 Å². The monoisotopic (exact) mass is 501 g/mol. The Morgan fingerprint density at radius 2 is 1.75 bits per heavy atom. The highest BCUT2D eigenvalue weighted by molar-refractivity contribution is 5.89. The summed E-state index contributed by atoms with van der Waals surface area (Å²) in [5.41, 5.74) is 4.41. The summed E-state index contributed by atoms with van der Waals surface area (Å²) in [6.07, 6.45) is -0.0249. The summed E-state index contributed by atoms with van der Waals surface area (Å²) in [7, 11) is 0. The Hall–Kier alpha value is -3.18. The summed E-state index contributed by atoms with van der Waals surface area (Å²) in [6, 6.07) is 30.4. The Bertz CT molecular complexity index is 1350. The Kier molecular flexibility index (Phi) is 7.79. The van der Waals surface area contributed by atoms with Crippen molar-refractivity contribution < 1.29 is 14.3 Å². The van der Waals surface area contributed by atoms with E-state index in [1.54, 1.807) is 12.1 Å². The van der Waals surface area contributed by atoms with Crippen LogP contribution < -0.4 is 5.32 Å². The first kappa shape index (κ1) is 25.9. The minimum Gasteiger partial charge on any atom is -0.428 e. The molecular formula is C31H32ClNO3. The molecule has 5 rings (SSSR count). The molecule has 0 aliphatic carbocycles. The lowest BCUT2D eigenvalue weighted by atomic mass is 9.88. The molecule has 0 aromatic heterocycles. The molecule has 0 saturated carbocycles. The normalized spacial score (nSPS) is 19.7. The SMILES string of the molecule is Cc1ccc2c(c1)[C@H](OC(=O)c1ccccc1)O[C@@](C)(CN[C@H](C)c1cccc3ccccc13)C2.Cl. The summed E-state index contributed by atoms with van der Waals surface area (Å²) in [5.74, 6) is -0.385. The smallest absolute Gasteiger partial charge is 0.340 e. The van der Waals surface area contributed by atoms with Gasteiger partial charge in [0.05, 0.1) is 11.2 Å². The van der Waals surface area contributed by atoms with Crippen molar-refractivity contribution in [2.75, 3.05) is 6.54 Å². The maximum atomic E-state index is 12.9. The quantitative estimate of drug-likeness (QED) is 0.286. The third-order valence-electron chi connectivity index (χ3n) is 6.81.